The molecular weight excluding hydrogens is 233 g/mol. The molecule has 0 amide bonds. The van der Waals surface area contributed by atoms with Gasteiger partial charge in [0.25, 0.3) is 0 Å². The monoisotopic (exact) mass is 253 g/mol. The molecule has 0 saturated heterocycles. The normalized spacial score (nSPS) is 23.9. The van der Waals surface area contributed by atoms with Gasteiger partial charge in [-0.05, 0) is 19.3 Å². The summed E-state index contributed by atoms with van der Waals surface area (Å²) in [5.74, 6) is 0.0723. The van der Waals surface area contributed by atoms with E-state index in [1.165, 1.54) is 6.33 Å². The summed E-state index contributed by atoms with van der Waals surface area (Å²) in [6.07, 6.45) is 5.70. The van der Waals surface area contributed by atoms with Crippen LogP contribution >= 0.6 is 0 Å². The van der Waals surface area contributed by atoms with Gasteiger partial charge in [0, 0.05) is 12.5 Å². The van der Waals surface area contributed by atoms with E-state index in [0.717, 1.165) is 25.7 Å². The summed E-state index contributed by atoms with van der Waals surface area (Å²) < 4.78 is 13.9. The first-order valence-electron chi connectivity index (χ1n) is 6.63. The Morgan fingerprint density at radius 2 is 2.17 bits per heavy atom. The molecule has 1 aliphatic carbocycles. The van der Waals surface area contributed by atoms with Crippen LogP contribution in [0.4, 0.5) is 10.2 Å². The van der Waals surface area contributed by atoms with Crippen molar-refractivity contribution in [2.75, 3.05) is 11.9 Å². The average Bonchev–Trinajstić information content (AvgIpc) is 2.39. The molecule has 2 rings (SSSR count). The molecule has 1 saturated carbocycles. The largest absolute Gasteiger partial charge is 0.393 e. The highest BCUT2D eigenvalue weighted by molar-refractivity contribution is 5.37. The van der Waals surface area contributed by atoms with Crippen LogP contribution in [-0.4, -0.2) is 27.7 Å². The van der Waals surface area contributed by atoms with Crippen LogP contribution in [0.3, 0.4) is 0 Å². The molecule has 18 heavy (non-hydrogen) atoms. The average molecular weight is 253 g/mol. The Labute approximate surface area is 107 Å². The molecule has 4 nitrogen and oxygen atoms in total. The molecule has 100 valence electrons. The van der Waals surface area contributed by atoms with Crippen molar-refractivity contribution >= 4 is 5.82 Å². The van der Waals surface area contributed by atoms with E-state index in [1.54, 1.807) is 0 Å². The molecule has 1 aliphatic rings. The van der Waals surface area contributed by atoms with Gasteiger partial charge in [0.05, 0.1) is 11.8 Å². The Morgan fingerprint density at radius 3 is 2.89 bits per heavy atom. The summed E-state index contributed by atoms with van der Waals surface area (Å²) in [4.78, 5) is 7.81. The van der Waals surface area contributed by atoms with Crippen molar-refractivity contribution in [2.45, 2.75) is 45.1 Å². The fourth-order valence-electron chi connectivity index (χ4n) is 2.43. The van der Waals surface area contributed by atoms with Crippen LogP contribution < -0.4 is 5.32 Å². The molecule has 0 aliphatic heterocycles. The van der Waals surface area contributed by atoms with Crippen molar-refractivity contribution in [2.24, 2.45) is 5.92 Å². The first-order valence-corrected chi connectivity index (χ1v) is 6.63. The molecule has 2 N–H and O–H groups in total. The maximum Gasteiger partial charge on any atom is 0.186 e. The van der Waals surface area contributed by atoms with Gasteiger partial charge in [0.15, 0.2) is 11.6 Å². The predicted octanol–water partition coefficient (Wildman–Crippen LogP) is 2.14. The highest BCUT2D eigenvalue weighted by Gasteiger charge is 2.23. The van der Waals surface area contributed by atoms with Crippen LogP contribution in [0.5, 0.6) is 0 Å². The van der Waals surface area contributed by atoms with Crippen molar-refractivity contribution in [1.82, 2.24) is 9.97 Å². The van der Waals surface area contributed by atoms with Crippen LogP contribution in [0.15, 0.2) is 6.33 Å². The van der Waals surface area contributed by atoms with Gasteiger partial charge in [0.2, 0.25) is 0 Å². The maximum absolute atomic E-state index is 13.9. The number of hydrogen-bond donors (Lipinski definition) is 2. The Morgan fingerprint density at radius 1 is 1.39 bits per heavy atom. The first kappa shape index (κ1) is 13.2. The lowest BCUT2D eigenvalue weighted by Crippen LogP contribution is -2.30. The minimum absolute atomic E-state index is 0.193. The number of halogens is 1. The number of aliphatic hydroxyl groups excluding tert-OH is 1. The molecule has 1 aromatic heterocycles. The van der Waals surface area contributed by atoms with E-state index in [2.05, 4.69) is 15.3 Å². The third kappa shape index (κ3) is 2.96. The van der Waals surface area contributed by atoms with Crippen molar-refractivity contribution in [3.63, 3.8) is 0 Å². The SMILES string of the molecule is CCc1ncnc(NCC2CCCCC2O)c1F. The van der Waals surface area contributed by atoms with Crippen molar-refractivity contribution in [3.8, 4) is 0 Å². The van der Waals surface area contributed by atoms with E-state index in [-0.39, 0.29) is 23.7 Å². The predicted molar refractivity (Wildman–Crippen MR) is 67.8 cm³/mol. The molecule has 1 heterocycles. The minimum Gasteiger partial charge on any atom is -0.393 e. The number of aliphatic hydroxyl groups is 1. The molecule has 5 heteroatoms. The van der Waals surface area contributed by atoms with E-state index >= 15 is 0 Å². The van der Waals surface area contributed by atoms with E-state index < -0.39 is 0 Å². The molecule has 1 aromatic rings. The van der Waals surface area contributed by atoms with Gasteiger partial charge >= 0.3 is 0 Å². The van der Waals surface area contributed by atoms with Crippen LogP contribution in [0.25, 0.3) is 0 Å². The zero-order valence-corrected chi connectivity index (χ0v) is 10.7. The van der Waals surface area contributed by atoms with Gasteiger partial charge in [-0.2, -0.15) is 0 Å². The fraction of sp³-hybridized carbons (Fsp3) is 0.692. The van der Waals surface area contributed by atoms with E-state index in [1.807, 2.05) is 6.92 Å². The van der Waals surface area contributed by atoms with E-state index in [0.29, 0.717) is 18.7 Å². The minimum atomic E-state index is -0.370. The standard InChI is InChI=1S/C13H20FN3O/c1-2-10-12(14)13(17-8-16-10)15-7-9-5-3-4-6-11(9)18/h8-9,11,18H,2-7H2,1H3,(H,15,16,17). The Hall–Kier alpha value is -1.23. The highest BCUT2D eigenvalue weighted by atomic mass is 19.1. The lowest BCUT2D eigenvalue weighted by atomic mass is 9.86. The highest BCUT2D eigenvalue weighted by Crippen LogP contribution is 2.25. The molecule has 2 unspecified atom stereocenters. The van der Waals surface area contributed by atoms with E-state index in [9.17, 15) is 9.50 Å². The van der Waals surface area contributed by atoms with Crippen molar-refractivity contribution in [1.29, 1.82) is 0 Å². The number of hydrogen-bond acceptors (Lipinski definition) is 4. The second-order valence-corrected chi connectivity index (χ2v) is 4.83. The number of aromatic nitrogens is 2. The number of aryl methyl sites for hydroxylation is 1. The molecule has 2 atom stereocenters. The maximum atomic E-state index is 13.9. The summed E-state index contributed by atoms with van der Waals surface area (Å²) in [6, 6.07) is 0. The topological polar surface area (TPSA) is 58.0 Å². The summed E-state index contributed by atoms with van der Waals surface area (Å²) >= 11 is 0. The zero-order valence-electron chi connectivity index (χ0n) is 10.7. The van der Waals surface area contributed by atoms with Crippen molar-refractivity contribution in [3.05, 3.63) is 17.8 Å². The van der Waals surface area contributed by atoms with Crippen LogP contribution in [0.1, 0.15) is 38.3 Å². The zero-order chi connectivity index (χ0) is 13.0. The number of nitrogens with zero attached hydrogens (tertiary/aromatic N) is 2. The van der Waals surface area contributed by atoms with Gasteiger partial charge in [-0.25, -0.2) is 14.4 Å². The lowest BCUT2D eigenvalue weighted by molar-refractivity contribution is 0.0762. The number of anilines is 1. The Kier molecular flexibility index (Phi) is 4.47. The van der Waals surface area contributed by atoms with Gasteiger partial charge in [0.1, 0.15) is 6.33 Å². The fourth-order valence-corrected chi connectivity index (χ4v) is 2.43. The smallest absolute Gasteiger partial charge is 0.186 e. The molecule has 0 radical (unpaired) electrons. The summed E-state index contributed by atoms with van der Waals surface area (Å²) in [5, 5.41) is 12.9. The Balaban J connectivity index is 1.97. The molecular formula is C13H20FN3O. The van der Waals surface area contributed by atoms with Crippen LogP contribution in [0, 0.1) is 11.7 Å². The molecule has 0 bridgehead atoms. The lowest BCUT2D eigenvalue weighted by Gasteiger charge is -2.27. The summed E-state index contributed by atoms with van der Waals surface area (Å²) in [5.41, 5.74) is 0.427. The molecule has 1 fully saturated rings. The van der Waals surface area contributed by atoms with E-state index in [4.69, 9.17) is 0 Å². The van der Waals surface area contributed by atoms with Gasteiger partial charge < -0.3 is 10.4 Å². The number of rotatable bonds is 4. The third-order valence-electron chi connectivity index (χ3n) is 3.60. The molecule has 0 spiro atoms. The Bertz CT molecular complexity index is 400. The third-order valence-corrected chi connectivity index (χ3v) is 3.60. The molecule has 0 aromatic carbocycles. The summed E-state index contributed by atoms with van der Waals surface area (Å²) in [6.45, 7) is 2.43. The van der Waals surface area contributed by atoms with Gasteiger partial charge in [-0.3, -0.25) is 0 Å². The van der Waals surface area contributed by atoms with Crippen LogP contribution in [-0.2, 0) is 6.42 Å². The number of nitrogens with one attached hydrogen (secondary N) is 1. The van der Waals surface area contributed by atoms with Gasteiger partial charge in [-0.15, -0.1) is 0 Å². The van der Waals surface area contributed by atoms with Crippen molar-refractivity contribution < 1.29 is 9.50 Å². The second kappa shape index (κ2) is 6.09. The van der Waals surface area contributed by atoms with Crippen LogP contribution in [0.2, 0.25) is 0 Å². The second-order valence-electron chi connectivity index (χ2n) is 4.83. The van der Waals surface area contributed by atoms with Gasteiger partial charge in [-0.1, -0.05) is 19.8 Å². The summed E-state index contributed by atoms with van der Waals surface area (Å²) in [7, 11) is 0. The quantitative estimate of drug-likeness (QED) is 0.863. The first-order chi connectivity index (χ1) is 8.72.